The fourth-order valence-corrected chi connectivity index (χ4v) is 8.53. The standard InChI is InChI=1S/C23H38N2/c1-15-19-7-8-21-18-6-5-16-13-17(25(3)4)9-11-22(16,2)20(18)10-12-23(19,21)14-24-15/h5,15,17-21,24H,6-14H2,1-4H3. The third-order valence-corrected chi connectivity index (χ3v) is 9.95. The summed E-state index contributed by atoms with van der Waals surface area (Å²) in [6, 6.07) is 1.55. The number of allylic oxidation sites excluding steroid dienone is 1. The smallest absolute Gasteiger partial charge is 0.0127 e. The molecule has 2 nitrogen and oxygen atoms in total. The first-order valence-corrected chi connectivity index (χ1v) is 11.0. The highest BCUT2D eigenvalue weighted by molar-refractivity contribution is 5.26. The Kier molecular flexibility index (Phi) is 3.75. The van der Waals surface area contributed by atoms with Crippen molar-refractivity contribution in [1.29, 1.82) is 0 Å². The maximum absolute atomic E-state index is 3.87. The van der Waals surface area contributed by atoms with Gasteiger partial charge in [0.15, 0.2) is 0 Å². The minimum atomic E-state index is 0.521. The summed E-state index contributed by atoms with van der Waals surface area (Å²) in [6.45, 7) is 6.43. The average molecular weight is 343 g/mol. The minimum absolute atomic E-state index is 0.521. The molecule has 3 saturated carbocycles. The van der Waals surface area contributed by atoms with E-state index in [-0.39, 0.29) is 0 Å². The van der Waals surface area contributed by atoms with Crippen LogP contribution in [0, 0.1) is 34.5 Å². The van der Waals surface area contributed by atoms with E-state index in [0.29, 0.717) is 10.8 Å². The van der Waals surface area contributed by atoms with E-state index in [0.717, 1.165) is 35.8 Å². The van der Waals surface area contributed by atoms with Crippen LogP contribution in [-0.2, 0) is 0 Å². The zero-order valence-corrected chi connectivity index (χ0v) is 16.9. The van der Waals surface area contributed by atoms with Crippen molar-refractivity contribution in [3.63, 3.8) is 0 Å². The van der Waals surface area contributed by atoms with Gasteiger partial charge in [0.05, 0.1) is 0 Å². The van der Waals surface area contributed by atoms with E-state index in [9.17, 15) is 0 Å². The van der Waals surface area contributed by atoms with E-state index in [1.165, 1.54) is 57.9 Å². The summed E-state index contributed by atoms with van der Waals surface area (Å²) < 4.78 is 0. The normalized spacial score (nSPS) is 54.5. The van der Waals surface area contributed by atoms with Crippen LogP contribution in [0.25, 0.3) is 0 Å². The van der Waals surface area contributed by atoms with Crippen molar-refractivity contribution in [3.05, 3.63) is 11.6 Å². The summed E-state index contributed by atoms with van der Waals surface area (Å²) >= 11 is 0. The van der Waals surface area contributed by atoms with Crippen LogP contribution < -0.4 is 5.32 Å². The molecule has 0 radical (unpaired) electrons. The van der Waals surface area contributed by atoms with Crippen molar-refractivity contribution in [2.24, 2.45) is 34.5 Å². The molecule has 4 aliphatic carbocycles. The van der Waals surface area contributed by atoms with Gasteiger partial charge < -0.3 is 10.2 Å². The lowest BCUT2D eigenvalue weighted by molar-refractivity contribution is -0.0408. The highest BCUT2D eigenvalue weighted by atomic mass is 15.1. The Labute approximate surface area is 154 Å². The first-order chi connectivity index (χ1) is 12.0. The molecule has 25 heavy (non-hydrogen) atoms. The number of fused-ring (bicyclic) bond motifs is 4. The van der Waals surface area contributed by atoms with Crippen LogP contribution in [0.2, 0.25) is 0 Å². The van der Waals surface area contributed by atoms with Gasteiger partial charge in [-0.2, -0.15) is 0 Å². The van der Waals surface area contributed by atoms with Crippen molar-refractivity contribution < 1.29 is 0 Å². The van der Waals surface area contributed by atoms with E-state index < -0.39 is 0 Å². The number of nitrogens with zero attached hydrogens (tertiary/aromatic N) is 1. The summed E-state index contributed by atoms with van der Waals surface area (Å²) in [5.74, 6) is 3.94. The first kappa shape index (κ1) is 16.8. The molecule has 0 aromatic carbocycles. The van der Waals surface area contributed by atoms with Gasteiger partial charge in [-0.3, -0.25) is 0 Å². The fourth-order valence-electron chi connectivity index (χ4n) is 8.53. The summed E-state index contributed by atoms with van der Waals surface area (Å²) in [5.41, 5.74) is 3.03. The van der Waals surface area contributed by atoms with E-state index in [4.69, 9.17) is 0 Å². The van der Waals surface area contributed by atoms with Crippen molar-refractivity contribution in [1.82, 2.24) is 10.2 Å². The average Bonchev–Trinajstić information content (AvgIpc) is 3.11. The van der Waals surface area contributed by atoms with Gasteiger partial charge in [-0.1, -0.05) is 18.6 Å². The zero-order chi connectivity index (χ0) is 17.4. The number of hydrogen-bond acceptors (Lipinski definition) is 2. The Morgan fingerprint density at radius 2 is 1.84 bits per heavy atom. The van der Waals surface area contributed by atoms with Gasteiger partial charge in [-0.05, 0) is 107 Å². The minimum Gasteiger partial charge on any atom is -0.313 e. The molecule has 1 aliphatic heterocycles. The quantitative estimate of drug-likeness (QED) is 0.707. The van der Waals surface area contributed by atoms with Crippen molar-refractivity contribution in [3.8, 4) is 0 Å². The molecule has 1 saturated heterocycles. The molecule has 0 amide bonds. The molecule has 1 heterocycles. The predicted molar refractivity (Wildman–Crippen MR) is 104 cm³/mol. The molecular formula is C23H38N2. The highest BCUT2D eigenvalue weighted by Gasteiger charge is 2.62. The zero-order valence-electron chi connectivity index (χ0n) is 16.9. The van der Waals surface area contributed by atoms with E-state index in [1.807, 2.05) is 5.57 Å². The van der Waals surface area contributed by atoms with E-state index in [1.54, 1.807) is 0 Å². The molecule has 8 atom stereocenters. The molecule has 1 spiro atoms. The SMILES string of the molecule is CC1NCC23CCC4C(CC=C5CC(N(C)C)CCC54C)C2CCC13. The number of hydrogen-bond donors (Lipinski definition) is 1. The largest absolute Gasteiger partial charge is 0.313 e. The van der Waals surface area contributed by atoms with Crippen LogP contribution in [0.4, 0.5) is 0 Å². The van der Waals surface area contributed by atoms with Gasteiger partial charge >= 0.3 is 0 Å². The molecule has 0 bridgehead atoms. The van der Waals surface area contributed by atoms with Gasteiger partial charge in [0.25, 0.3) is 0 Å². The third kappa shape index (κ3) is 2.16. The second kappa shape index (κ2) is 5.58. The maximum Gasteiger partial charge on any atom is 0.0127 e. The third-order valence-electron chi connectivity index (χ3n) is 9.95. The Hall–Kier alpha value is -0.340. The Bertz CT molecular complexity index is 581. The molecule has 140 valence electrons. The van der Waals surface area contributed by atoms with Crippen molar-refractivity contribution in [2.45, 2.75) is 77.3 Å². The van der Waals surface area contributed by atoms with Crippen molar-refractivity contribution in [2.75, 3.05) is 20.6 Å². The second-order valence-electron chi connectivity index (χ2n) is 10.7. The molecule has 0 aromatic heterocycles. The Morgan fingerprint density at radius 1 is 1.04 bits per heavy atom. The van der Waals surface area contributed by atoms with Crippen LogP contribution in [0.15, 0.2) is 11.6 Å². The van der Waals surface area contributed by atoms with Crippen LogP contribution in [0.5, 0.6) is 0 Å². The van der Waals surface area contributed by atoms with E-state index in [2.05, 4.69) is 44.2 Å². The van der Waals surface area contributed by atoms with Crippen molar-refractivity contribution >= 4 is 0 Å². The lowest BCUT2D eigenvalue weighted by Gasteiger charge is -2.58. The molecule has 5 aliphatic rings. The Morgan fingerprint density at radius 3 is 2.64 bits per heavy atom. The lowest BCUT2D eigenvalue weighted by Crippen LogP contribution is -2.52. The van der Waals surface area contributed by atoms with Crippen LogP contribution in [-0.4, -0.2) is 37.6 Å². The molecule has 1 N–H and O–H groups in total. The molecule has 8 unspecified atom stereocenters. The van der Waals surface area contributed by atoms with Crippen LogP contribution >= 0.6 is 0 Å². The van der Waals surface area contributed by atoms with Gasteiger partial charge in [-0.15, -0.1) is 0 Å². The second-order valence-corrected chi connectivity index (χ2v) is 10.7. The van der Waals surface area contributed by atoms with E-state index >= 15 is 0 Å². The predicted octanol–water partition coefficient (Wildman–Crippen LogP) is 4.47. The van der Waals surface area contributed by atoms with Gasteiger partial charge in [0, 0.05) is 18.6 Å². The summed E-state index contributed by atoms with van der Waals surface area (Å²) in [4.78, 5) is 2.47. The van der Waals surface area contributed by atoms with Gasteiger partial charge in [-0.25, -0.2) is 0 Å². The van der Waals surface area contributed by atoms with Crippen LogP contribution in [0.1, 0.15) is 65.2 Å². The van der Waals surface area contributed by atoms with Gasteiger partial charge in [0.1, 0.15) is 0 Å². The fraction of sp³-hybridized carbons (Fsp3) is 0.913. The summed E-state index contributed by atoms with van der Waals surface area (Å²) in [7, 11) is 4.55. The molecular weight excluding hydrogens is 304 g/mol. The highest BCUT2D eigenvalue weighted by Crippen LogP contribution is 2.67. The summed E-state index contributed by atoms with van der Waals surface area (Å²) in [5, 5.41) is 3.87. The molecule has 2 heteroatoms. The number of rotatable bonds is 1. The number of nitrogens with one attached hydrogen (secondary N) is 1. The van der Waals surface area contributed by atoms with Gasteiger partial charge in [0.2, 0.25) is 0 Å². The van der Waals surface area contributed by atoms with Crippen LogP contribution in [0.3, 0.4) is 0 Å². The lowest BCUT2D eigenvalue weighted by atomic mass is 9.47. The molecule has 5 rings (SSSR count). The molecule has 0 aromatic rings. The first-order valence-electron chi connectivity index (χ1n) is 11.0. The topological polar surface area (TPSA) is 15.3 Å². The monoisotopic (exact) mass is 342 g/mol. The summed E-state index contributed by atoms with van der Waals surface area (Å²) in [6.07, 6.45) is 14.3. The Balaban J connectivity index is 1.45. The maximum atomic E-state index is 3.87. The molecule has 4 fully saturated rings.